The van der Waals surface area contributed by atoms with Crippen LogP contribution in [0.2, 0.25) is 0 Å². The Bertz CT molecular complexity index is 656. The van der Waals surface area contributed by atoms with Crippen molar-refractivity contribution < 1.29 is 13.2 Å². The number of nitrogens with one attached hydrogen (secondary N) is 3. The second-order valence-electron chi connectivity index (χ2n) is 5.94. The van der Waals surface area contributed by atoms with Crippen LogP contribution in [0.1, 0.15) is 36.0 Å². The highest BCUT2D eigenvalue weighted by Crippen LogP contribution is 2.22. The van der Waals surface area contributed by atoms with E-state index < -0.39 is 10.0 Å². The number of benzene rings is 1. The highest BCUT2D eigenvalue weighted by molar-refractivity contribution is 7.89. The molecule has 1 saturated heterocycles. The van der Waals surface area contributed by atoms with E-state index in [4.69, 9.17) is 0 Å². The number of sulfonamides is 1. The Morgan fingerprint density at radius 2 is 1.96 bits per heavy atom. The molecule has 3 rings (SSSR count). The van der Waals surface area contributed by atoms with Crippen LogP contribution in [0.5, 0.6) is 0 Å². The van der Waals surface area contributed by atoms with E-state index in [1.54, 1.807) is 12.1 Å². The molecule has 1 amide bonds. The van der Waals surface area contributed by atoms with Crippen LogP contribution < -0.4 is 15.4 Å². The van der Waals surface area contributed by atoms with E-state index in [1.807, 2.05) is 0 Å². The normalized spacial score (nSPS) is 21.3. The van der Waals surface area contributed by atoms with Crippen LogP contribution in [0.25, 0.3) is 0 Å². The molecule has 1 heterocycles. The summed E-state index contributed by atoms with van der Waals surface area (Å²) in [6.07, 6.45) is 3.74. The summed E-state index contributed by atoms with van der Waals surface area (Å²) in [4.78, 5) is 12.4. The van der Waals surface area contributed by atoms with Gasteiger partial charge in [-0.2, -0.15) is 0 Å². The summed E-state index contributed by atoms with van der Waals surface area (Å²) in [6.45, 7) is 1.74. The first-order valence-corrected chi connectivity index (χ1v) is 9.17. The molecule has 8 heteroatoms. The average molecular weight is 360 g/mol. The second kappa shape index (κ2) is 7.61. The van der Waals surface area contributed by atoms with E-state index in [2.05, 4.69) is 15.4 Å². The first kappa shape index (κ1) is 18.2. The number of amides is 1. The van der Waals surface area contributed by atoms with Crippen molar-refractivity contribution >= 4 is 28.3 Å². The second-order valence-corrected chi connectivity index (χ2v) is 7.65. The Kier molecular flexibility index (Phi) is 6.02. The van der Waals surface area contributed by atoms with Crippen molar-refractivity contribution in [2.24, 2.45) is 0 Å². The molecular formula is C15H22ClN3O3S. The maximum absolute atomic E-state index is 12.3. The van der Waals surface area contributed by atoms with Crippen molar-refractivity contribution in [3.8, 4) is 0 Å². The zero-order valence-corrected chi connectivity index (χ0v) is 14.4. The number of hydrogen-bond donors (Lipinski definition) is 3. The van der Waals surface area contributed by atoms with Gasteiger partial charge < -0.3 is 10.6 Å². The van der Waals surface area contributed by atoms with Gasteiger partial charge in [-0.3, -0.25) is 4.79 Å². The highest BCUT2D eigenvalue weighted by Gasteiger charge is 2.28. The Labute approximate surface area is 142 Å². The van der Waals surface area contributed by atoms with Gasteiger partial charge in [0.1, 0.15) is 0 Å². The third-order valence-electron chi connectivity index (χ3n) is 3.94. The Morgan fingerprint density at radius 1 is 1.17 bits per heavy atom. The maximum atomic E-state index is 12.3. The summed E-state index contributed by atoms with van der Waals surface area (Å²) in [5, 5.41) is 6.19. The van der Waals surface area contributed by atoms with Crippen LogP contribution >= 0.6 is 12.4 Å². The van der Waals surface area contributed by atoms with Crippen molar-refractivity contribution in [3.63, 3.8) is 0 Å². The van der Waals surface area contributed by atoms with Crippen LogP contribution in [-0.2, 0) is 10.0 Å². The fourth-order valence-electron chi connectivity index (χ4n) is 2.54. The Hall–Kier alpha value is -1.15. The molecule has 1 aromatic rings. The molecule has 128 valence electrons. The van der Waals surface area contributed by atoms with Gasteiger partial charge in [0.05, 0.1) is 4.90 Å². The van der Waals surface area contributed by atoms with Gasteiger partial charge in [0.25, 0.3) is 5.91 Å². The van der Waals surface area contributed by atoms with Gasteiger partial charge in [0.2, 0.25) is 10.0 Å². The molecule has 6 nitrogen and oxygen atoms in total. The monoisotopic (exact) mass is 359 g/mol. The molecule has 1 unspecified atom stereocenters. The van der Waals surface area contributed by atoms with Crippen LogP contribution in [0, 0.1) is 0 Å². The minimum atomic E-state index is -3.53. The number of halogens is 1. The molecule has 0 spiro atoms. The summed E-state index contributed by atoms with van der Waals surface area (Å²) < 4.78 is 27.0. The Morgan fingerprint density at radius 3 is 2.61 bits per heavy atom. The third kappa shape index (κ3) is 4.91. The number of piperidine rings is 1. The maximum Gasteiger partial charge on any atom is 0.251 e. The van der Waals surface area contributed by atoms with Crippen molar-refractivity contribution in [2.75, 3.05) is 13.1 Å². The summed E-state index contributed by atoms with van der Waals surface area (Å²) in [5.74, 6) is -0.225. The predicted octanol–water partition coefficient (Wildman–Crippen LogP) is 1.03. The lowest BCUT2D eigenvalue weighted by Gasteiger charge is -2.23. The fraction of sp³-hybridized carbons (Fsp3) is 0.533. The van der Waals surface area contributed by atoms with Crippen LogP contribution in [0.15, 0.2) is 29.2 Å². The minimum Gasteiger partial charge on any atom is -0.348 e. The number of rotatable bonds is 5. The summed E-state index contributed by atoms with van der Waals surface area (Å²) in [6, 6.07) is 6.36. The van der Waals surface area contributed by atoms with Crippen LogP contribution in [-0.4, -0.2) is 39.5 Å². The lowest BCUT2D eigenvalue weighted by Crippen LogP contribution is -2.45. The lowest BCUT2D eigenvalue weighted by atomic mass is 10.1. The molecule has 2 fully saturated rings. The van der Waals surface area contributed by atoms with Crippen LogP contribution in [0.4, 0.5) is 0 Å². The fourth-order valence-corrected chi connectivity index (χ4v) is 3.89. The average Bonchev–Trinajstić information content (AvgIpc) is 3.32. The van der Waals surface area contributed by atoms with Gasteiger partial charge in [-0.1, -0.05) is 6.07 Å². The number of carbonyl (C=O) groups excluding carboxylic acids is 1. The highest BCUT2D eigenvalue weighted by atomic mass is 35.5. The largest absolute Gasteiger partial charge is 0.348 e. The van der Waals surface area contributed by atoms with Crippen LogP contribution in [0.3, 0.4) is 0 Å². The van der Waals surface area contributed by atoms with Crippen molar-refractivity contribution in [2.45, 2.75) is 42.7 Å². The van der Waals surface area contributed by atoms with Crippen molar-refractivity contribution in [1.82, 2.24) is 15.4 Å². The number of carbonyl (C=O) groups is 1. The molecule has 0 radical (unpaired) electrons. The van der Waals surface area contributed by atoms with E-state index in [1.165, 1.54) is 12.1 Å². The smallest absolute Gasteiger partial charge is 0.251 e. The van der Waals surface area contributed by atoms with E-state index in [0.29, 0.717) is 5.56 Å². The Balaban J connectivity index is 0.00000192. The molecule has 0 bridgehead atoms. The molecule has 1 saturated carbocycles. The predicted molar refractivity (Wildman–Crippen MR) is 90.4 cm³/mol. The quantitative estimate of drug-likeness (QED) is 0.732. The molecule has 2 aliphatic rings. The summed E-state index contributed by atoms with van der Waals surface area (Å²) in [5.41, 5.74) is 0.379. The molecule has 1 atom stereocenters. The van der Waals surface area contributed by atoms with Crippen molar-refractivity contribution in [1.29, 1.82) is 0 Å². The first-order chi connectivity index (χ1) is 10.5. The molecule has 23 heavy (non-hydrogen) atoms. The lowest BCUT2D eigenvalue weighted by molar-refractivity contribution is 0.0930. The zero-order valence-electron chi connectivity index (χ0n) is 12.7. The van der Waals surface area contributed by atoms with Gasteiger partial charge in [0.15, 0.2) is 0 Å². The topological polar surface area (TPSA) is 87.3 Å². The van der Waals surface area contributed by atoms with E-state index in [9.17, 15) is 13.2 Å². The molecular weight excluding hydrogens is 338 g/mol. The molecule has 1 aromatic carbocycles. The van der Waals surface area contributed by atoms with E-state index in [0.717, 1.165) is 38.8 Å². The van der Waals surface area contributed by atoms with Gasteiger partial charge in [-0.05, 0) is 50.4 Å². The summed E-state index contributed by atoms with van der Waals surface area (Å²) in [7, 11) is -3.53. The van der Waals surface area contributed by atoms with Gasteiger partial charge in [0, 0.05) is 24.2 Å². The molecule has 3 N–H and O–H groups in total. The van der Waals surface area contributed by atoms with Gasteiger partial charge >= 0.3 is 0 Å². The first-order valence-electron chi connectivity index (χ1n) is 7.68. The summed E-state index contributed by atoms with van der Waals surface area (Å²) >= 11 is 0. The SMILES string of the molecule is Cl.O=C(NC1CCCNC1)c1cccc(S(=O)(=O)NC2CC2)c1. The number of hydrogen-bond acceptors (Lipinski definition) is 4. The minimum absolute atomic E-state index is 0. The molecule has 1 aliphatic heterocycles. The van der Waals surface area contributed by atoms with Gasteiger partial charge in [-0.15, -0.1) is 12.4 Å². The van der Waals surface area contributed by atoms with E-state index in [-0.39, 0.29) is 35.3 Å². The molecule has 0 aromatic heterocycles. The zero-order chi connectivity index (χ0) is 15.6. The van der Waals surface area contributed by atoms with Crippen molar-refractivity contribution in [3.05, 3.63) is 29.8 Å². The molecule has 1 aliphatic carbocycles. The van der Waals surface area contributed by atoms with Gasteiger partial charge in [-0.25, -0.2) is 13.1 Å². The standard InChI is InChI=1S/C15H21N3O3S.ClH/c19-15(17-13-4-2-8-16-10-13)11-3-1-5-14(9-11)22(20,21)18-12-6-7-12;/h1,3,5,9,12-13,16,18H,2,4,6-8,10H2,(H,17,19);1H. The van der Waals surface area contributed by atoms with E-state index >= 15 is 0 Å². The third-order valence-corrected chi connectivity index (χ3v) is 5.46.